The molecule has 3 nitrogen and oxygen atoms in total. The first kappa shape index (κ1) is 17.6. The maximum absolute atomic E-state index is 5.68. The normalized spacial score (nSPS) is 13.1. The number of ether oxygens (including phenoxy) is 2. The molecule has 1 unspecified atom stereocenters. The third-order valence-corrected chi connectivity index (χ3v) is 3.43. The van der Waals surface area contributed by atoms with Crippen LogP contribution in [-0.2, 0) is 0 Å². The summed E-state index contributed by atoms with van der Waals surface area (Å²) >= 11 is 0. The number of nitrogens with one attached hydrogen (secondary N) is 1. The number of methoxy groups -OCH3 is 1. The van der Waals surface area contributed by atoms with Crippen LogP contribution in [0, 0.1) is 0 Å². The van der Waals surface area contributed by atoms with E-state index in [-0.39, 0.29) is 0 Å². The first-order valence-corrected chi connectivity index (χ1v) is 7.84. The van der Waals surface area contributed by atoms with Crippen LogP contribution in [0.1, 0.15) is 46.1 Å². The predicted octanol–water partition coefficient (Wildman–Crippen LogP) is 4.28. The minimum absolute atomic E-state index is 0.381. The summed E-state index contributed by atoms with van der Waals surface area (Å²) in [5.74, 6) is 1.60. The highest BCUT2D eigenvalue weighted by atomic mass is 16.5. The molecular weight excluding hydrogens is 262 g/mol. The first-order chi connectivity index (χ1) is 10.1. The van der Waals surface area contributed by atoms with E-state index in [1.54, 1.807) is 7.11 Å². The van der Waals surface area contributed by atoms with E-state index in [9.17, 15) is 0 Å². The van der Waals surface area contributed by atoms with Gasteiger partial charge in [-0.15, -0.1) is 0 Å². The summed E-state index contributed by atoms with van der Waals surface area (Å²) in [6.07, 6.45) is 4.33. The molecule has 0 amide bonds. The smallest absolute Gasteiger partial charge is 0.161 e. The van der Waals surface area contributed by atoms with Gasteiger partial charge in [0.15, 0.2) is 11.5 Å². The minimum Gasteiger partial charge on any atom is -0.493 e. The Morgan fingerprint density at radius 2 is 2.00 bits per heavy atom. The van der Waals surface area contributed by atoms with Gasteiger partial charge < -0.3 is 14.8 Å². The molecule has 0 aliphatic heterocycles. The molecule has 0 bridgehead atoms. The van der Waals surface area contributed by atoms with Gasteiger partial charge >= 0.3 is 0 Å². The summed E-state index contributed by atoms with van der Waals surface area (Å²) < 4.78 is 11.1. The van der Waals surface area contributed by atoms with Gasteiger partial charge in [0.1, 0.15) is 0 Å². The Kier molecular flexibility index (Phi) is 7.91. The van der Waals surface area contributed by atoms with Crippen molar-refractivity contribution < 1.29 is 9.47 Å². The summed E-state index contributed by atoms with van der Waals surface area (Å²) in [5, 5.41) is 3.50. The molecule has 21 heavy (non-hydrogen) atoms. The summed E-state index contributed by atoms with van der Waals surface area (Å²) in [7, 11) is 1.68. The highest BCUT2D eigenvalue weighted by Crippen LogP contribution is 2.29. The maximum atomic E-state index is 5.68. The molecule has 0 radical (unpaired) electrons. The Bertz CT molecular complexity index is 455. The van der Waals surface area contributed by atoms with E-state index in [4.69, 9.17) is 9.47 Å². The largest absolute Gasteiger partial charge is 0.493 e. The van der Waals surface area contributed by atoms with Crippen molar-refractivity contribution in [2.45, 2.75) is 46.6 Å². The lowest BCUT2D eigenvalue weighted by atomic mass is 10.1. The zero-order valence-electron chi connectivity index (χ0n) is 14.0. The predicted molar refractivity (Wildman–Crippen MR) is 90.2 cm³/mol. The van der Waals surface area contributed by atoms with E-state index in [1.807, 2.05) is 12.1 Å². The summed E-state index contributed by atoms with van der Waals surface area (Å²) in [6.45, 7) is 10.4. The van der Waals surface area contributed by atoms with Gasteiger partial charge in [-0.3, -0.25) is 0 Å². The van der Waals surface area contributed by atoms with Crippen molar-refractivity contribution in [2.75, 3.05) is 20.3 Å². The number of benzene rings is 1. The van der Waals surface area contributed by atoms with Crippen LogP contribution < -0.4 is 14.8 Å². The van der Waals surface area contributed by atoms with Crippen LogP contribution >= 0.6 is 0 Å². The highest BCUT2D eigenvalue weighted by Gasteiger charge is 2.06. The van der Waals surface area contributed by atoms with Crippen molar-refractivity contribution in [3.05, 3.63) is 29.3 Å². The van der Waals surface area contributed by atoms with Gasteiger partial charge in [0.2, 0.25) is 0 Å². The molecule has 118 valence electrons. The van der Waals surface area contributed by atoms with Crippen LogP contribution in [0.4, 0.5) is 0 Å². The van der Waals surface area contributed by atoms with Crippen molar-refractivity contribution >= 4 is 6.08 Å². The van der Waals surface area contributed by atoms with E-state index >= 15 is 0 Å². The minimum atomic E-state index is 0.381. The van der Waals surface area contributed by atoms with Crippen LogP contribution in [0.5, 0.6) is 11.5 Å². The fraction of sp³-hybridized carbons (Fsp3) is 0.556. The number of rotatable bonds is 9. The zero-order valence-corrected chi connectivity index (χ0v) is 14.0. The third-order valence-electron chi connectivity index (χ3n) is 3.43. The Labute approximate surface area is 129 Å². The molecule has 0 saturated carbocycles. The van der Waals surface area contributed by atoms with Gasteiger partial charge in [0.25, 0.3) is 0 Å². The monoisotopic (exact) mass is 291 g/mol. The zero-order chi connectivity index (χ0) is 15.7. The van der Waals surface area contributed by atoms with Crippen molar-refractivity contribution in [3.63, 3.8) is 0 Å². The second-order valence-electron chi connectivity index (χ2n) is 5.32. The Morgan fingerprint density at radius 3 is 2.62 bits per heavy atom. The van der Waals surface area contributed by atoms with Crippen LogP contribution in [0.25, 0.3) is 6.08 Å². The van der Waals surface area contributed by atoms with Gasteiger partial charge in [0, 0.05) is 6.04 Å². The Morgan fingerprint density at radius 1 is 1.24 bits per heavy atom. The lowest BCUT2D eigenvalue weighted by Crippen LogP contribution is -2.27. The first-order valence-electron chi connectivity index (χ1n) is 7.84. The molecule has 0 aromatic heterocycles. The van der Waals surface area contributed by atoms with E-state index in [2.05, 4.69) is 45.2 Å². The fourth-order valence-corrected chi connectivity index (χ4v) is 2.01. The van der Waals surface area contributed by atoms with E-state index < -0.39 is 0 Å². The quantitative estimate of drug-likeness (QED) is 0.737. The molecule has 3 heteroatoms. The number of hydrogen-bond acceptors (Lipinski definition) is 3. The highest BCUT2D eigenvalue weighted by molar-refractivity contribution is 5.58. The van der Waals surface area contributed by atoms with Gasteiger partial charge in [0.05, 0.1) is 13.7 Å². The van der Waals surface area contributed by atoms with Crippen molar-refractivity contribution in [2.24, 2.45) is 0 Å². The van der Waals surface area contributed by atoms with Gasteiger partial charge in [-0.25, -0.2) is 0 Å². The molecule has 1 rings (SSSR count). The lowest BCUT2D eigenvalue weighted by molar-refractivity contribution is 0.294. The lowest BCUT2D eigenvalue weighted by Gasteiger charge is -2.15. The molecular formula is C18H29NO2. The molecule has 0 saturated heterocycles. The molecule has 0 spiro atoms. The standard InChI is InChI=1S/C18H29NO2/c1-6-10-19-15(4)14(3)12-16-8-9-17(21-11-7-2)18(13-16)20-5/h8-9,12-13,15,19H,6-7,10-11H2,1-5H3/b14-12+. The van der Waals surface area contributed by atoms with Crippen molar-refractivity contribution in [1.82, 2.24) is 5.32 Å². The second kappa shape index (κ2) is 9.46. The molecule has 0 heterocycles. The molecule has 1 aromatic carbocycles. The van der Waals surface area contributed by atoms with Crippen LogP contribution in [0.3, 0.4) is 0 Å². The SMILES string of the molecule is CCCNC(C)/C(C)=C/c1ccc(OCCC)c(OC)c1. The fourth-order valence-electron chi connectivity index (χ4n) is 2.01. The topological polar surface area (TPSA) is 30.5 Å². The third kappa shape index (κ3) is 5.80. The van der Waals surface area contributed by atoms with E-state index in [1.165, 1.54) is 5.57 Å². The molecule has 0 aliphatic carbocycles. The molecule has 0 aliphatic rings. The van der Waals surface area contributed by atoms with Gasteiger partial charge in [-0.05, 0) is 50.9 Å². The van der Waals surface area contributed by atoms with E-state index in [0.29, 0.717) is 12.6 Å². The average Bonchev–Trinajstić information content (AvgIpc) is 2.50. The van der Waals surface area contributed by atoms with Crippen LogP contribution in [0.15, 0.2) is 23.8 Å². The van der Waals surface area contributed by atoms with Gasteiger partial charge in [-0.1, -0.05) is 31.6 Å². The molecule has 1 atom stereocenters. The molecule has 0 fully saturated rings. The Hall–Kier alpha value is -1.48. The number of hydrogen-bond donors (Lipinski definition) is 1. The van der Waals surface area contributed by atoms with E-state index in [0.717, 1.165) is 36.4 Å². The average molecular weight is 291 g/mol. The van der Waals surface area contributed by atoms with Crippen molar-refractivity contribution in [3.8, 4) is 11.5 Å². The van der Waals surface area contributed by atoms with Crippen LogP contribution in [-0.4, -0.2) is 26.3 Å². The summed E-state index contributed by atoms with van der Waals surface area (Å²) in [6, 6.07) is 6.47. The second-order valence-corrected chi connectivity index (χ2v) is 5.32. The Balaban J connectivity index is 2.83. The van der Waals surface area contributed by atoms with Crippen molar-refractivity contribution in [1.29, 1.82) is 0 Å². The van der Waals surface area contributed by atoms with Gasteiger partial charge in [-0.2, -0.15) is 0 Å². The molecule has 1 N–H and O–H groups in total. The van der Waals surface area contributed by atoms with Crippen LogP contribution in [0.2, 0.25) is 0 Å². The maximum Gasteiger partial charge on any atom is 0.161 e. The molecule has 1 aromatic rings. The summed E-state index contributed by atoms with van der Waals surface area (Å²) in [5.41, 5.74) is 2.45. The summed E-state index contributed by atoms with van der Waals surface area (Å²) in [4.78, 5) is 0.